The molecule has 1 fully saturated rings. The second kappa shape index (κ2) is 4.13. The van der Waals surface area contributed by atoms with Gasteiger partial charge in [-0.3, -0.25) is 4.90 Å². The highest BCUT2D eigenvalue weighted by Gasteiger charge is 2.30. The SMILES string of the molecule is C#CC(C)(CC)N1CCC(N)CC1. The average molecular weight is 180 g/mol. The number of terminal acetylenes is 1. The summed E-state index contributed by atoms with van der Waals surface area (Å²) in [5.41, 5.74) is 5.79. The van der Waals surface area contributed by atoms with Crippen molar-refractivity contribution in [3.05, 3.63) is 0 Å². The van der Waals surface area contributed by atoms with E-state index in [2.05, 4.69) is 24.7 Å². The van der Waals surface area contributed by atoms with E-state index in [0.29, 0.717) is 6.04 Å². The fourth-order valence-electron chi connectivity index (χ4n) is 1.81. The lowest BCUT2D eigenvalue weighted by Crippen LogP contribution is -2.51. The quantitative estimate of drug-likeness (QED) is 0.647. The molecule has 1 rings (SSSR count). The normalized spacial score (nSPS) is 25.1. The second-order valence-corrected chi connectivity index (χ2v) is 4.10. The standard InChI is InChI=1S/C11H20N2/c1-4-11(3,5-2)13-8-6-10(12)7-9-13/h1,10H,5-9,12H2,2-3H3. The van der Waals surface area contributed by atoms with E-state index in [1.807, 2.05) is 0 Å². The van der Waals surface area contributed by atoms with Crippen molar-refractivity contribution in [1.29, 1.82) is 0 Å². The van der Waals surface area contributed by atoms with Crippen LogP contribution < -0.4 is 5.73 Å². The van der Waals surface area contributed by atoms with Gasteiger partial charge in [0.15, 0.2) is 0 Å². The molecule has 0 radical (unpaired) electrons. The highest BCUT2D eigenvalue weighted by atomic mass is 15.2. The van der Waals surface area contributed by atoms with Crippen LogP contribution in [0.4, 0.5) is 0 Å². The Morgan fingerprint density at radius 3 is 2.46 bits per heavy atom. The molecular weight excluding hydrogens is 160 g/mol. The van der Waals surface area contributed by atoms with Crippen molar-refractivity contribution in [2.75, 3.05) is 13.1 Å². The molecule has 2 heteroatoms. The molecule has 0 aromatic rings. The van der Waals surface area contributed by atoms with Crippen LogP contribution in [0.15, 0.2) is 0 Å². The molecule has 13 heavy (non-hydrogen) atoms. The number of likely N-dealkylation sites (tertiary alicyclic amines) is 1. The molecule has 74 valence electrons. The molecule has 1 atom stereocenters. The number of hydrogen-bond donors (Lipinski definition) is 1. The van der Waals surface area contributed by atoms with Gasteiger partial charge in [0, 0.05) is 19.1 Å². The maximum Gasteiger partial charge on any atom is 0.0792 e. The van der Waals surface area contributed by atoms with Crippen molar-refractivity contribution in [2.24, 2.45) is 5.73 Å². The van der Waals surface area contributed by atoms with Crippen molar-refractivity contribution in [1.82, 2.24) is 4.90 Å². The number of hydrogen-bond acceptors (Lipinski definition) is 2. The third-order valence-corrected chi connectivity index (χ3v) is 3.24. The van der Waals surface area contributed by atoms with E-state index in [0.717, 1.165) is 32.4 Å². The first-order valence-electron chi connectivity index (χ1n) is 5.11. The molecule has 2 nitrogen and oxygen atoms in total. The first-order valence-corrected chi connectivity index (χ1v) is 5.11. The maximum atomic E-state index is 5.84. The van der Waals surface area contributed by atoms with Gasteiger partial charge in [0.25, 0.3) is 0 Å². The average Bonchev–Trinajstić information content (AvgIpc) is 2.18. The molecule has 0 aromatic carbocycles. The smallest absolute Gasteiger partial charge is 0.0792 e. The lowest BCUT2D eigenvalue weighted by Gasteiger charge is -2.40. The summed E-state index contributed by atoms with van der Waals surface area (Å²) >= 11 is 0. The number of nitrogens with zero attached hydrogens (tertiary/aromatic N) is 1. The molecule has 0 spiro atoms. The van der Waals surface area contributed by atoms with E-state index in [4.69, 9.17) is 12.2 Å². The van der Waals surface area contributed by atoms with E-state index in [9.17, 15) is 0 Å². The third-order valence-electron chi connectivity index (χ3n) is 3.24. The van der Waals surface area contributed by atoms with Crippen LogP contribution in [-0.2, 0) is 0 Å². The zero-order valence-electron chi connectivity index (χ0n) is 8.71. The first-order chi connectivity index (χ1) is 6.12. The lowest BCUT2D eigenvalue weighted by molar-refractivity contribution is 0.114. The van der Waals surface area contributed by atoms with Crippen LogP contribution in [0.3, 0.4) is 0 Å². The minimum atomic E-state index is -0.0554. The largest absolute Gasteiger partial charge is 0.328 e. The summed E-state index contributed by atoms with van der Waals surface area (Å²) in [4.78, 5) is 2.39. The van der Waals surface area contributed by atoms with Crippen molar-refractivity contribution < 1.29 is 0 Å². The summed E-state index contributed by atoms with van der Waals surface area (Å²) in [7, 11) is 0. The molecule has 1 saturated heterocycles. The maximum absolute atomic E-state index is 5.84. The molecule has 0 aliphatic carbocycles. The van der Waals surface area contributed by atoms with E-state index in [-0.39, 0.29) is 5.54 Å². The van der Waals surface area contributed by atoms with Crippen LogP contribution in [0.25, 0.3) is 0 Å². The Labute approximate surface area is 81.5 Å². The van der Waals surface area contributed by atoms with Gasteiger partial charge in [-0.1, -0.05) is 12.8 Å². The van der Waals surface area contributed by atoms with E-state index in [1.54, 1.807) is 0 Å². The van der Waals surface area contributed by atoms with Crippen LogP contribution in [0.2, 0.25) is 0 Å². The Balaban J connectivity index is 2.57. The number of piperidine rings is 1. The van der Waals surface area contributed by atoms with Gasteiger partial charge in [0.05, 0.1) is 5.54 Å². The van der Waals surface area contributed by atoms with Crippen LogP contribution >= 0.6 is 0 Å². The molecule has 0 amide bonds. The molecular formula is C11H20N2. The molecule has 2 N–H and O–H groups in total. The number of rotatable bonds is 2. The van der Waals surface area contributed by atoms with Crippen LogP contribution in [0.1, 0.15) is 33.1 Å². The fraction of sp³-hybridized carbons (Fsp3) is 0.818. The monoisotopic (exact) mass is 180 g/mol. The van der Waals surface area contributed by atoms with Crippen LogP contribution in [0.5, 0.6) is 0 Å². The topological polar surface area (TPSA) is 29.3 Å². The summed E-state index contributed by atoms with van der Waals surface area (Å²) in [6.07, 6.45) is 8.73. The predicted molar refractivity (Wildman–Crippen MR) is 56.3 cm³/mol. The van der Waals surface area contributed by atoms with Gasteiger partial charge in [-0.25, -0.2) is 0 Å². The summed E-state index contributed by atoms with van der Waals surface area (Å²) in [6.45, 7) is 6.39. The van der Waals surface area contributed by atoms with Gasteiger partial charge in [-0.2, -0.15) is 0 Å². The Morgan fingerprint density at radius 2 is 2.08 bits per heavy atom. The summed E-state index contributed by atoms with van der Waals surface area (Å²) < 4.78 is 0. The Morgan fingerprint density at radius 1 is 1.54 bits per heavy atom. The zero-order chi connectivity index (χ0) is 9.90. The van der Waals surface area contributed by atoms with Gasteiger partial charge in [0.1, 0.15) is 0 Å². The lowest BCUT2D eigenvalue weighted by atomic mass is 9.93. The highest BCUT2D eigenvalue weighted by Crippen LogP contribution is 2.22. The van der Waals surface area contributed by atoms with Gasteiger partial charge in [-0.05, 0) is 26.2 Å². The Hall–Kier alpha value is -0.520. The van der Waals surface area contributed by atoms with E-state index in [1.165, 1.54) is 0 Å². The van der Waals surface area contributed by atoms with Gasteiger partial charge in [0.2, 0.25) is 0 Å². The van der Waals surface area contributed by atoms with Crippen molar-refractivity contribution in [3.8, 4) is 12.3 Å². The van der Waals surface area contributed by atoms with Crippen molar-refractivity contribution in [3.63, 3.8) is 0 Å². The summed E-state index contributed by atoms with van der Waals surface area (Å²) in [6, 6.07) is 0.384. The Kier molecular flexibility index (Phi) is 3.35. The molecule has 0 bridgehead atoms. The molecule has 1 unspecified atom stereocenters. The molecule has 1 heterocycles. The van der Waals surface area contributed by atoms with Gasteiger partial charge >= 0.3 is 0 Å². The van der Waals surface area contributed by atoms with Crippen LogP contribution in [-0.4, -0.2) is 29.6 Å². The van der Waals surface area contributed by atoms with Gasteiger partial charge < -0.3 is 5.73 Å². The minimum absolute atomic E-state index is 0.0554. The fourth-order valence-corrected chi connectivity index (χ4v) is 1.81. The van der Waals surface area contributed by atoms with Crippen LogP contribution in [0, 0.1) is 12.3 Å². The molecule has 1 aliphatic heterocycles. The summed E-state index contributed by atoms with van der Waals surface area (Å²) in [5.74, 6) is 2.90. The zero-order valence-corrected chi connectivity index (χ0v) is 8.71. The Bertz CT molecular complexity index is 199. The summed E-state index contributed by atoms with van der Waals surface area (Å²) in [5, 5.41) is 0. The van der Waals surface area contributed by atoms with Gasteiger partial charge in [-0.15, -0.1) is 6.42 Å². The second-order valence-electron chi connectivity index (χ2n) is 4.10. The first kappa shape index (κ1) is 10.6. The number of nitrogens with two attached hydrogens (primary N) is 1. The van der Waals surface area contributed by atoms with Crippen molar-refractivity contribution in [2.45, 2.75) is 44.7 Å². The predicted octanol–water partition coefficient (Wildman–Crippen LogP) is 1.21. The van der Waals surface area contributed by atoms with E-state index < -0.39 is 0 Å². The molecule has 1 aliphatic rings. The highest BCUT2D eigenvalue weighted by molar-refractivity contribution is 5.11. The van der Waals surface area contributed by atoms with E-state index >= 15 is 0 Å². The van der Waals surface area contributed by atoms with Crippen molar-refractivity contribution >= 4 is 0 Å². The molecule has 0 aromatic heterocycles. The molecule has 0 saturated carbocycles. The third kappa shape index (κ3) is 2.24. The minimum Gasteiger partial charge on any atom is -0.328 e.